The Kier molecular flexibility index (Phi) is 4.64. The molecule has 0 bridgehead atoms. The summed E-state index contributed by atoms with van der Waals surface area (Å²) in [5.41, 5.74) is -1.92. The maximum Gasteiger partial charge on any atom is 0.337 e. The molecule has 0 aliphatic rings. The van der Waals surface area contributed by atoms with E-state index in [0.29, 0.717) is 0 Å². The molecule has 0 unspecified atom stereocenters. The van der Waals surface area contributed by atoms with Crippen LogP contribution in [0.4, 0.5) is 0 Å². The minimum absolute atomic E-state index is 0.270. The normalized spacial score (nSPS) is 10.8. The highest BCUT2D eigenvalue weighted by molar-refractivity contribution is 6.50. The Hall–Kier alpha value is -1.73. The van der Waals surface area contributed by atoms with Crippen LogP contribution >= 0.6 is 46.4 Å². The summed E-state index contributed by atoms with van der Waals surface area (Å²) in [6.45, 7) is 0. The van der Waals surface area contributed by atoms with Crippen molar-refractivity contribution in [3.63, 3.8) is 0 Å². The summed E-state index contributed by atoms with van der Waals surface area (Å²) < 4.78 is 0. The van der Waals surface area contributed by atoms with Gasteiger partial charge in [0.1, 0.15) is 0 Å². The molecule has 0 atom stereocenters. The topological polar surface area (TPSA) is 112 Å². The van der Waals surface area contributed by atoms with Gasteiger partial charge in [0, 0.05) is 10.8 Å². The molecule has 0 spiro atoms. The first-order valence-corrected chi connectivity index (χ1v) is 7.13. The van der Waals surface area contributed by atoms with Crippen LogP contribution in [-0.4, -0.2) is 33.2 Å². The van der Waals surface area contributed by atoms with Gasteiger partial charge in [-0.05, 0) is 6.07 Å². The van der Waals surface area contributed by atoms with Gasteiger partial charge in [-0.1, -0.05) is 46.4 Å². The Morgan fingerprint density at radius 3 is 1.52 bits per heavy atom. The lowest BCUT2D eigenvalue weighted by Crippen LogP contribution is -2.10. The number of halogens is 4. The van der Waals surface area contributed by atoms with Crippen molar-refractivity contribution in [2.24, 2.45) is 0 Å². The van der Waals surface area contributed by atoms with Crippen molar-refractivity contribution in [3.05, 3.63) is 42.8 Å². The van der Waals surface area contributed by atoms with E-state index in [0.717, 1.165) is 6.07 Å². The number of benzene rings is 2. The second-order valence-corrected chi connectivity index (χ2v) is 5.80. The van der Waals surface area contributed by atoms with Crippen LogP contribution in [0.2, 0.25) is 20.1 Å². The van der Waals surface area contributed by atoms with Crippen molar-refractivity contribution in [2.45, 2.75) is 0 Å². The smallest absolute Gasteiger partial charge is 0.337 e. The molecular formula is C13H4Cl4O6. The first-order valence-electron chi connectivity index (χ1n) is 5.62. The molecule has 0 aliphatic carbocycles. The third-order valence-corrected chi connectivity index (χ3v) is 4.65. The predicted molar refractivity (Wildman–Crippen MR) is 84.9 cm³/mol. The third kappa shape index (κ3) is 2.68. The molecule has 2 rings (SSSR count). The minimum atomic E-state index is -1.60. The summed E-state index contributed by atoms with van der Waals surface area (Å²) in [5.74, 6) is -4.73. The summed E-state index contributed by atoms with van der Waals surface area (Å²) in [4.78, 5) is 34.4. The van der Waals surface area contributed by atoms with Gasteiger partial charge < -0.3 is 15.3 Å². The fourth-order valence-electron chi connectivity index (χ4n) is 2.14. The monoisotopic (exact) mass is 396 g/mol. The molecule has 0 fully saturated rings. The molecule has 10 heteroatoms. The van der Waals surface area contributed by atoms with Gasteiger partial charge in [0.2, 0.25) is 0 Å². The molecule has 0 aliphatic heterocycles. The van der Waals surface area contributed by atoms with E-state index in [1.54, 1.807) is 0 Å². The second-order valence-electron chi connectivity index (χ2n) is 4.26. The number of hydrogen-bond donors (Lipinski definition) is 3. The van der Waals surface area contributed by atoms with Crippen molar-refractivity contribution < 1.29 is 29.7 Å². The van der Waals surface area contributed by atoms with Crippen molar-refractivity contribution in [3.8, 4) is 0 Å². The summed E-state index contributed by atoms with van der Waals surface area (Å²) in [5, 5.41) is 25.3. The van der Waals surface area contributed by atoms with Crippen molar-refractivity contribution in [2.75, 3.05) is 0 Å². The molecule has 2 aromatic rings. The molecule has 2 aromatic carbocycles. The molecular weight excluding hydrogens is 394 g/mol. The van der Waals surface area contributed by atoms with Crippen molar-refractivity contribution in [1.82, 2.24) is 0 Å². The van der Waals surface area contributed by atoms with E-state index in [1.807, 2.05) is 0 Å². The molecule has 23 heavy (non-hydrogen) atoms. The standard InChI is InChI=1S/C13H4Cl4O6/c14-3-1-2-4(6(8(3)15)12(20)21)7(13(22)23)10(17)9(16)5(2)11(18)19/h1H,(H,18,19)(H,20,21)(H,22,23). The Labute approximate surface area is 147 Å². The number of fused-ring (bicyclic) bond motifs is 1. The molecule has 0 radical (unpaired) electrons. The van der Waals surface area contributed by atoms with Crippen LogP contribution in [0.15, 0.2) is 6.07 Å². The zero-order valence-electron chi connectivity index (χ0n) is 10.7. The van der Waals surface area contributed by atoms with Gasteiger partial charge in [-0.15, -0.1) is 0 Å². The minimum Gasteiger partial charge on any atom is -0.478 e. The lowest BCUT2D eigenvalue weighted by molar-refractivity contribution is 0.0681. The number of carboxylic acid groups (broad SMARTS) is 3. The van der Waals surface area contributed by atoms with Crippen LogP contribution < -0.4 is 0 Å². The number of carboxylic acids is 3. The van der Waals surface area contributed by atoms with Crippen LogP contribution in [0.5, 0.6) is 0 Å². The van der Waals surface area contributed by atoms with E-state index >= 15 is 0 Å². The highest BCUT2D eigenvalue weighted by Crippen LogP contribution is 2.43. The molecule has 120 valence electrons. The van der Waals surface area contributed by atoms with Gasteiger partial charge in [0.25, 0.3) is 0 Å². The molecule has 3 N–H and O–H groups in total. The van der Waals surface area contributed by atoms with Gasteiger partial charge in [-0.25, -0.2) is 14.4 Å². The fourth-order valence-corrected chi connectivity index (χ4v) is 3.12. The average molecular weight is 398 g/mol. The Morgan fingerprint density at radius 1 is 0.696 bits per heavy atom. The Bertz CT molecular complexity index is 885. The van der Waals surface area contributed by atoms with E-state index in [1.165, 1.54) is 0 Å². The largest absolute Gasteiger partial charge is 0.478 e. The second kappa shape index (κ2) is 6.05. The molecule has 0 saturated carbocycles. The zero-order chi connectivity index (χ0) is 17.6. The summed E-state index contributed by atoms with van der Waals surface area (Å²) in [6, 6.07) is 1.03. The van der Waals surface area contributed by atoms with Gasteiger partial charge in [-0.2, -0.15) is 0 Å². The summed E-state index contributed by atoms with van der Waals surface area (Å²) in [6.07, 6.45) is 0. The fraction of sp³-hybridized carbons (Fsp3) is 0. The van der Waals surface area contributed by atoms with E-state index in [9.17, 15) is 29.7 Å². The zero-order valence-corrected chi connectivity index (χ0v) is 13.7. The molecule has 0 amide bonds. The molecule has 0 aromatic heterocycles. The predicted octanol–water partition coefficient (Wildman–Crippen LogP) is 4.55. The lowest BCUT2D eigenvalue weighted by Gasteiger charge is -2.15. The summed E-state index contributed by atoms with van der Waals surface area (Å²) in [7, 11) is 0. The number of rotatable bonds is 3. The van der Waals surface area contributed by atoms with Crippen LogP contribution in [-0.2, 0) is 0 Å². The van der Waals surface area contributed by atoms with E-state index in [4.69, 9.17) is 46.4 Å². The molecule has 0 heterocycles. The maximum absolute atomic E-state index is 11.5. The van der Waals surface area contributed by atoms with E-state index < -0.39 is 55.1 Å². The SMILES string of the molecule is O=C(O)c1c(Cl)c(Cl)c(C(=O)O)c2c(C(=O)O)c(Cl)c(Cl)cc12. The Morgan fingerprint density at radius 2 is 1.09 bits per heavy atom. The highest BCUT2D eigenvalue weighted by Gasteiger charge is 2.30. The highest BCUT2D eigenvalue weighted by atomic mass is 35.5. The van der Waals surface area contributed by atoms with E-state index in [-0.39, 0.29) is 10.4 Å². The van der Waals surface area contributed by atoms with Gasteiger partial charge in [-0.3, -0.25) is 0 Å². The van der Waals surface area contributed by atoms with Gasteiger partial charge in [0.05, 0.1) is 36.8 Å². The number of hydrogen-bond acceptors (Lipinski definition) is 3. The van der Waals surface area contributed by atoms with Crippen LogP contribution in [0.25, 0.3) is 10.8 Å². The maximum atomic E-state index is 11.5. The molecule has 0 saturated heterocycles. The van der Waals surface area contributed by atoms with Crippen LogP contribution in [0.3, 0.4) is 0 Å². The average Bonchev–Trinajstić information content (AvgIpc) is 2.41. The van der Waals surface area contributed by atoms with Gasteiger partial charge >= 0.3 is 17.9 Å². The van der Waals surface area contributed by atoms with Crippen LogP contribution in [0.1, 0.15) is 31.1 Å². The quantitative estimate of drug-likeness (QED) is 0.700. The van der Waals surface area contributed by atoms with Crippen molar-refractivity contribution in [1.29, 1.82) is 0 Å². The first-order chi connectivity index (χ1) is 10.6. The van der Waals surface area contributed by atoms with E-state index in [2.05, 4.69) is 0 Å². The summed E-state index contributed by atoms with van der Waals surface area (Å²) >= 11 is 23.3. The van der Waals surface area contributed by atoms with Gasteiger partial charge in [0.15, 0.2) is 0 Å². The van der Waals surface area contributed by atoms with Crippen LogP contribution in [0, 0.1) is 0 Å². The third-order valence-electron chi connectivity index (χ3n) is 3.01. The molecule has 6 nitrogen and oxygen atoms in total. The number of carbonyl (C=O) groups is 3. The first kappa shape index (κ1) is 17.6. The van der Waals surface area contributed by atoms with Crippen molar-refractivity contribution >= 4 is 75.1 Å². The Balaban J connectivity index is 3.32. The number of aromatic carboxylic acids is 3. The lowest BCUT2D eigenvalue weighted by atomic mass is 9.94.